The molecule has 1 N–H and O–H groups in total. The number of aromatic nitrogens is 2. The van der Waals surface area contributed by atoms with Crippen molar-refractivity contribution in [2.24, 2.45) is 0 Å². The first kappa shape index (κ1) is 14.1. The van der Waals surface area contributed by atoms with Crippen LogP contribution in [-0.2, 0) is 0 Å². The Hall–Kier alpha value is -1.33. The molecule has 4 nitrogen and oxygen atoms in total. The third kappa shape index (κ3) is 3.16. The molecular weight excluding hydrogens is 330 g/mol. The predicted molar refractivity (Wildman–Crippen MR) is 80.5 cm³/mol. The van der Waals surface area contributed by atoms with E-state index < -0.39 is 0 Å². The molecule has 0 spiro atoms. The highest BCUT2D eigenvalue weighted by atomic mass is 79.9. The van der Waals surface area contributed by atoms with Crippen LogP contribution in [0.4, 0.5) is 11.5 Å². The number of ether oxygens (including phenoxy) is 1. The lowest BCUT2D eigenvalue weighted by atomic mass is 10.3. The summed E-state index contributed by atoms with van der Waals surface area (Å²) in [5.41, 5.74) is 2.50. The first-order chi connectivity index (χ1) is 9.01. The molecule has 6 heteroatoms. The molecule has 0 amide bonds. The van der Waals surface area contributed by atoms with Crippen LogP contribution in [0.5, 0.6) is 5.75 Å². The Balaban J connectivity index is 2.33. The molecule has 0 fully saturated rings. The minimum Gasteiger partial charge on any atom is -0.495 e. The molecule has 1 aromatic heterocycles. The highest BCUT2D eigenvalue weighted by Gasteiger charge is 2.08. The quantitative estimate of drug-likeness (QED) is 0.905. The Labute approximate surface area is 125 Å². The van der Waals surface area contributed by atoms with E-state index in [0.29, 0.717) is 11.0 Å². The topological polar surface area (TPSA) is 47.0 Å². The van der Waals surface area contributed by atoms with Crippen LogP contribution in [0.25, 0.3) is 0 Å². The monoisotopic (exact) mass is 341 g/mol. The number of anilines is 2. The van der Waals surface area contributed by atoms with Gasteiger partial charge in [0.15, 0.2) is 11.0 Å². The zero-order valence-electron chi connectivity index (χ0n) is 10.8. The normalized spacial score (nSPS) is 10.4. The van der Waals surface area contributed by atoms with Crippen LogP contribution in [0.3, 0.4) is 0 Å². The van der Waals surface area contributed by atoms with E-state index in [0.717, 1.165) is 27.3 Å². The van der Waals surface area contributed by atoms with Crippen LogP contribution >= 0.6 is 27.5 Å². The van der Waals surface area contributed by atoms with Crippen LogP contribution in [0.15, 0.2) is 22.7 Å². The minimum absolute atomic E-state index is 0.352. The molecule has 0 unspecified atom stereocenters. The van der Waals surface area contributed by atoms with Crippen LogP contribution in [0.2, 0.25) is 5.15 Å². The van der Waals surface area contributed by atoms with Gasteiger partial charge in [-0.15, -0.1) is 0 Å². The van der Waals surface area contributed by atoms with E-state index in [2.05, 4.69) is 31.2 Å². The molecular formula is C13H13BrClN3O. The largest absolute Gasteiger partial charge is 0.495 e. The van der Waals surface area contributed by atoms with Gasteiger partial charge in [-0.2, -0.15) is 0 Å². The molecule has 2 rings (SSSR count). The lowest BCUT2D eigenvalue weighted by Gasteiger charge is -2.11. The Morgan fingerprint density at radius 3 is 2.58 bits per heavy atom. The van der Waals surface area contributed by atoms with Crippen molar-refractivity contribution in [3.8, 4) is 5.75 Å². The molecule has 2 aromatic rings. The summed E-state index contributed by atoms with van der Waals surface area (Å²) in [5, 5.41) is 3.49. The zero-order chi connectivity index (χ0) is 14.0. The predicted octanol–water partition coefficient (Wildman–Crippen LogP) is 4.26. The van der Waals surface area contributed by atoms with E-state index >= 15 is 0 Å². The van der Waals surface area contributed by atoms with Crippen LogP contribution in [-0.4, -0.2) is 17.1 Å². The summed E-state index contributed by atoms with van der Waals surface area (Å²) in [6.07, 6.45) is 0. The maximum Gasteiger partial charge on any atom is 0.172 e. The minimum atomic E-state index is 0.352. The Bertz CT molecular complexity index is 619. The summed E-state index contributed by atoms with van der Waals surface area (Å²) >= 11 is 9.48. The molecule has 100 valence electrons. The van der Waals surface area contributed by atoms with Gasteiger partial charge >= 0.3 is 0 Å². The first-order valence-corrected chi connectivity index (χ1v) is 6.79. The van der Waals surface area contributed by atoms with Gasteiger partial charge < -0.3 is 10.1 Å². The molecule has 0 atom stereocenters. The maximum atomic E-state index is 6.08. The summed E-state index contributed by atoms with van der Waals surface area (Å²) in [7, 11) is 1.62. The average Bonchev–Trinajstić information content (AvgIpc) is 2.38. The Morgan fingerprint density at radius 2 is 1.89 bits per heavy atom. The van der Waals surface area contributed by atoms with Crippen molar-refractivity contribution < 1.29 is 4.74 Å². The summed E-state index contributed by atoms with van der Waals surface area (Å²) < 4.78 is 6.13. The van der Waals surface area contributed by atoms with Crippen molar-refractivity contribution in [1.29, 1.82) is 0 Å². The summed E-state index contributed by atoms with van der Waals surface area (Å²) in [4.78, 5) is 8.62. The van der Waals surface area contributed by atoms with Gasteiger partial charge in [0.05, 0.1) is 23.0 Å². The van der Waals surface area contributed by atoms with E-state index in [-0.39, 0.29) is 0 Å². The van der Waals surface area contributed by atoms with Gasteiger partial charge in [0.2, 0.25) is 0 Å². The number of nitrogens with one attached hydrogen (secondary N) is 1. The van der Waals surface area contributed by atoms with Gasteiger partial charge in [0.1, 0.15) is 5.75 Å². The van der Waals surface area contributed by atoms with Crippen molar-refractivity contribution >= 4 is 39.0 Å². The molecule has 0 bridgehead atoms. The van der Waals surface area contributed by atoms with Gasteiger partial charge in [-0.25, -0.2) is 9.97 Å². The lowest BCUT2D eigenvalue weighted by molar-refractivity contribution is 0.412. The molecule has 0 radical (unpaired) electrons. The number of nitrogens with zero attached hydrogens (tertiary/aromatic N) is 2. The van der Waals surface area contributed by atoms with Crippen LogP contribution < -0.4 is 10.1 Å². The molecule has 0 saturated heterocycles. The van der Waals surface area contributed by atoms with E-state index in [1.807, 2.05) is 32.0 Å². The van der Waals surface area contributed by atoms with E-state index in [9.17, 15) is 0 Å². The number of aryl methyl sites for hydroxylation is 2. The second-order valence-electron chi connectivity index (χ2n) is 4.01. The summed E-state index contributed by atoms with van der Waals surface area (Å²) in [6.45, 7) is 3.77. The van der Waals surface area contributed by atoms with Gasteiger partial charge in [-0.1, -0.05) is 11.6 Å². The van der Waals surface area contributed by atoms with Gasteiger partial charge in [-0.3, -0.25) is 0 Å². The van der Waals surface area contributed by atoms with Gasteiger partial charge in [0.25, 0.3) is 0 Å². The number of halogens is 2. The summed E-state index contributed by atoms with van der Waals surface area (Å²) in [6, 6.07) is 5.65. The van der Waals surface area contributed by atoms with Gasteiger partial charge in [-0.05, 0) is 41.9 Å². The lowest BCUT2D eigenvalue weighted by Crippen LogP contribution is -2.01. The fourth-order valence-corrected chi connectivity index (χ4v) is 2.15. The molecule has 1 heterocycles. The number of benzene rings is 1. The van der Waals surface area contributed by atoms with E-state index in [1.165, 1.54) is 0 Å². The molecule has 0 saturated carbocycles. The number of rotatable bonds is 3. The number of methoxy groups -OCH3 is 1. The Kier molecular flexibility index (Phi) is 4.27. The Morgan fingerprint density at radius 1 is 1.21 bits per heavy atom. The number of hydrogen-bond donors (Lipinski definition) is 1. The van der Waals surface area contributed by atoms with Crippen molar-refractivity contribution in [2.45, 2.75) is 13.8 Å². The average molecular weight is 343 g/mol. The van der Waals surface area contributed by atoms with E-state index in [4.69, 9.17) is 16.3 Å². The maximum absolute atomic E-state index is 6.08. The third-order valence-corrected chi connectivity index (χ3v) is 3.60. The fraction of sp³-hybridized carbons (Fsp3) is 0.231. The number of hydrogen-bond acceptors (Lipinski definition) is 4. The van der Waals surface area contributed by atoms with Crippen molar-refractivity contribution in [2.75, 3.05) is 12.4 Å². The third-order valence-electron chi connectivity index (χ3n) is 2.68. The molecule has 0 aliphatic rings. The summed E-state index contributed by atoms with van der Waals surface area (Å²) in [5.74, 6) is 1.27. The molecule has 0 aliphatic heterocycles. The van der Waals surface area contributed by atoms with E-state index in [1.54, 1.807) is 7.11 Å². The zero-order valence-corrected chi connectivity index (χ0v) is 13.1. The molecule has 0 aliphatic carbocycles. The van der Waals surface area contributed by atoms with Crippen LogP contribution in [0.1, 0.15) is 11.4 Å². The SMILES string of the molecule is COc1cc(Nc2nc(C)c(C)nc2Cl)ccc1Br. The highest BCUT2D eigenvalue weighted by molar-refractivity contribution is 9.10. The second kappa shape index (κ2) is 5.75. The first-order valence-electron chi connectivity index (χ1n) is 5.62. The highest BCUT2D eigenvalue weighted by Crippen LogP contribution is 2.30. The molecule has 1 aromatic carbocycles. The molecule has 19 heavy (non-hydrogen) atoms. The fourth-order valence-electron chi connectivity index (χ4n) is 1.53. The standard InChI is InChI=1S/C13H13BrClN3O/c1-7-8(2)17-13(12(15)16-7)18-9-4-5-10(14)11(6-9)19-3/h4-6H,1-3H3,(H,17,18). The van der Waals surface area contributed by atoms with Gasteiger partial charge in [0, 0.05) is 11.8 Å². The smallest absolute Gasteiger partial charge is 0.172 e. The van der Waals surface area contributed by atoms with Crippen LogP contribution in [0, 0.1) is 13.8 Å². The van der Waals surface area contributed by atoms with Crippen molar-refractivity contribution in [3.05, 3.63) is 39.2 Å². The second-order valence-corrected chi connectivity index (χ2v) is 5.22. The van der Waals surface area contributed by atoms with Crippen molar-refractivity contribution in [3.63, 3.8) is 0 Å². The van der Waals surface area contributed by atoms with Crippen molar-refractivity contribution in [1.82, 2.24) is 9.97 Å².